The number of carbonyl (C=O) groups is 1. The normalized spacial score (nSPS) is 23.8. The van der Waals surface area contributed by atoms with Gasteiger partial charge in [-0.05, 0) is 12.1 Å². The highest BCUT2D eigenvalue weighted by Crippen LogP contribution is 2.54. The molecule has 1 aliphatic heterocycles. The number of nitrogens with zero attached hydrogens (tertiary/aromatic N) is 1. The molecule has 25 heavy (non-hydrogen) atoms. The number of ether oxygens (including phenoxy) is 1. The highest BCUT2D eigenvalue weighted by molar-refractivity contribution is 5.96. The fourth-order valence-corrected chi connectivity index (χ4v) is 3.32. The summed E-state index contributed by atoms with van der Waals surface area (Å²) < 4.78 is 32.4. The Bertz CT molecular complexity index is 803. The van der Waals surface area contributed by atoms with E-state index in [0.717, 1.165) is 28.9 Å². The van der Waals surface area contributed by atoms with Crippen LogP contribution >= 0.6 is 0 Å². The largest absolute Gasteiger partial charge is 0.376 e. The van der Waals surface area contributed by atoms with Gasteiger partial charge in [0.1, 0.15) is 5.92 Å². The molecule has 0 unspecified atom stereocenters. The molecule has 2 atom stereocenters. The van der Waals surface area contributed by atoms with Crippen LogP contribution in [0.25, 0.3) is 11.3 Å². The van der Waals surface area contributed by atoms with E-state index in [1.807, 2.05) is 0 Å². The van der Waals surface area contributed by atoms with E-state index in [9.17, 15) is 13.6 Å². The zero-order valence-electron chi connectivity index (χ0n) is 13.4. The number of benzene rings is 1. The predicted molar refractivity (Wildman–Crippen MR) is 87.0 cm³/mol. The number of amides is 1. The maximum absolute atomic E-state index is 13.5. The maximum Gasteiger partial charge on any atom is 0.265 e. The van der Waals surface area contributed by atoms with Gasteiger partial charge in [0, 0.05) is 35.5 Å². The number of carbonyl (C=O) groups excluding carboxylic acids is 1. The predicted octanol–water partition coefficient (Wildman–Crippen LogP) is 1.93. The summed E-state index contributed by atoms with van der Waals surface area (Å²) in [6.07, 6.45) is 0.800. The highest BCUT2D eigenvalue weighted by atomic mass is 19.3. The molecule has 0 radical (unpaired) electrons. The molecule has 1 amide bonds. The maximum atomic E-state index is 13.5. The summed E-state index contributed by atoms with van der Waals surface area (Å²) in [6, 6.07) is 6.95. The third-order valence-corrected chi connectivity index (χ3v) is 4.86. The number of aromatic amines is 1. The zero-order chi connectivity index (χ0) is 17.6. The minimum absolute atomic E-state index is 0.198. The fraction of sp³-hybridized carbons (Fsp3) is 0.412. The van der Waals surface area contributed by atoms with Gasteiger partial charge in [0.05, 0.1) is 24.8 Å². The quantitative estimate of drug-likeness (QED) is 0.787. The van der Waals surface area contributed by atoms with Gasteiger partial charge >= 0.3 is 0 Å². The Balaban J connectivity index is 1.48. The van der Waals surface area contributed by atoms with Gasteiger partial charge in [0.15, 0.2) is 0 Å². The van der Waals surface area contributed by atoms with Crippen LogP contribution in [0.3, 0.4) is 0 Å². The summed E-state index contributed by atoms with van der Waals surface area (Å²) in [5.74, 6) is -6.11. The van der Waals surface area contributed by atoms with Gasteiger partial charge in [-0.25, -0.2) is 8.78 Å². The van der Waals surface area contributed by atoms with Crippen LogP contribution in [0.5, 0.6) is 0 Å². The number of halogens is 2. The molecule has 6 nitrogen and oxygen atoms in total. The first kappa shape index (κ1) is 16.2. The van der Waals surface area contributed by atoms with Gasteiger partial charge in [0.25, 0.3) is 5.92 Å². The van der Waals surface area contributed by atoms with E-state index < -0.39 is 23.7 Å². The van der Waals surface area contributed by atoms with Gasteiger partial charge in [-0.1, -0.05) is 12.1 Å². The molecular weight excluding hydrogens is 330 g/mol. The SMILES string of the molecule is NC[C@@H]1[C@H](C(=O)Nc2ccc(-c3n[nH]c4c3COCC4)cc2)C1(F)F. The summed E-state index contributed by atoms with van der Waals surface area (Å²) in [4.78, 5) is 12.0. The molecule has 1 aliphatic carbocycles. The highest BCUT2D eigenvalue weighted by Gasteiger charge is 2.71. The Morgan fingerprint density at radius 2 is 2.16 bits per heavy atom. The second-order valence-electron chi connectivity index (χ2n) is 6.39. The number of rotatable bonds is 4. The Morgan fingerprint density at radius 1 is 1.40 bits per heavy atom. The third-order valence-electron chi connectivity index (χ3n) is 4.86. The summed E-state index contributed by atoms with van der Waals surface area (Å²) in [5.41, 5.74) is 9.53. The lowest BCUT2D eigenvalue weighted by atomic mass is 10.0. The van der Waals surface area contributed by atoms with Crippen LogP contribution in [-0.2, 0) is 22.6 Å². The minimum atomic E-state index is -3.01. The van der Waals surface area contributed by atoms with Crippen molar-refractivity contribution in [2.75, 3.05) is 18.5 Å². The average Bonchev–Trinajstić information content (AvgIpc) is 2.96. The lowest BCUT2D eigenvalue weighted by molar-refractivity contribution is -0.119. The Kier molecular flexibility index (Phi) is 3.81. The molecule has 1 saturated carbocycles. The molecule has 2 aromatic rings. The number of H-pyrrole nitrogens is 1. The van der Waals surface area contributed by atoms with Crippen molar-refractivity contribution >= 4 is 11.6 Å². The molecule has 0 spiro atoms. The van der Waals surface area contributed by atoms with Crippen LogP contribution < -0.4 is 11.1 Å². The average molecular weight is 348 g/mol. The zero-order valence-corrected chi connectivity index (χ0v) is 13.4. The topological polar surface area (TPSA) is 93.0 Å². The lowest BCUT2D eigenvalue weighted by Gasteiger charge is -2.12. The van der Waals surface area contributed by atoms with Crippen molar-refractivity contribution < 1.29 is 18.3 Å². The van der Waals surface area contributed by atoms with E-state index in [1.165, 1.54) is 0 Å². The van der Waals surface area contributed by atoms with E-state index in [2.05, 4.69) is 15.5 Å². The first-order valence-corrected chi connectivity index (χ1v) is 8.15. The molecule has 2 aliphatic rings. The molecule has 4 rings (SSSR count). The van der Waals surface area contributed by atoms with Crippen molar-refractivity contribution in [2.45, 2.75) is 19.0 Å². The number of nitrogens with one attached hydrogen (secondary N) is 2. The van der Waals surface area contributed by atoms with Crippen LogP contribution in [-0.4, -0.2) is 35.2 Å². The fourth-order valence-electron chi connectivity index (χ4n) is 3.32. The number of anilines is 1. The van der Waals surface area contributed by atoms with Crippen molar-refractivity contribution in [1.82, 2.24) is 10.2 Å². The molecule has 0 bridgehead atoms. The van der Waals surface area contributed by atoms with E-state index in [4.69, 9.17) is 10.5 Å². The van der Waals surface area contributed by atoms with Crippen LogP contribution in [0.1, 0.15) is 11.3 Å². The Hall–Kier alpha value is -2.32. The van der Waals surface area contributed by atoms with Crippen LogP contribution in [0, 0.1) is 11.8 Å². The van der Waals surface area contributed by atoms with Gasteiger partial charge in [-0.3, -0.25) is 9.89 Å². The van der Waals surface area contributed by atoms with Gasteiger partial charge in [-0.2, -0.15) is 5.10 Å². The van der Waals surface area contributed by atoms with Crippen molar-refractivity contribution in [3.8, 4) is 11.3 Å². The summed E-state index contributed by atoms with van der Waals surface area (Å²) >= 11 is 0. The number of nitrogens with two attached hydrogens (primary N) is 1. The van der Waals surface area contributed by atoms with Crippen molar-refractivity contribution in [3.63, 3.8) is 0 Å². The molecule has 1 aromatic heterocycles. The molecule has 8 heteroatoms. The number of alkyl halides is 2. The minimum Gasteiger partial charge on any atom is -0.376 e. The molecule has 4 N–H and O–H groups in total. The van der Waals surface area contributed by atoms with Crippen molar-refractivity contribution in [2.24, 2.45) is 17.6 Å². The Labute approximate surface area is 142 Å². The Morgan fingerprint density at radius 3 is 2.84 bits per heavy atom. The molecule has 1 fully saturated rings. The molecule has 1 aromatic carbocycles. The smallest absolute Gasteiger partial charge is 0.265 e. The second kappa shape index (κ2) is 5.89. The molecule has 132 valence electrons. The summed E-state index contributed by atoms with van der Waals surface area (Å²) in [5, 5.41) is 9.88. The lowest BCUT2D eigenvalue weighted by Crippen LogP contribution is -2.18. The number of hydrogen-bond acceptors (Lipinski definition) is 4. The van der Waals surface area contributed by atoms with E-state index >= 15 is 0 Å². The number of fused-ring (bicyclic) bond motifs is 1. The van der Waals surface area contributed by atoms with Gasteiger partial charge in [0.2, 0.25) is 5.91 Å². The van der Waals surface area contributed by atoms with Crippen molar-refractivity contribution in [3.05, 3.63) is 35.5 Å². The van der Waals surface area contributed by atoms with E-state index in [-0.39, 0.29) is 6.54 Å². The van der Waals surface area contributed by atoms with Gasteiger partial charge in [-0.15, -0.1) is 0 Å². The standard InChI is InChI=1S/C17H18F2N4O2/c18-17(19)12(7-20)14(17)16(24)21-10-3-1-9(2-4-10)15-11-8-25-6-5-13(11)22-23-15/h1-4,12,14H,5-8,20H2,(H,21,24)(H,22,23)/t12-,14-/m1/s1. The number of aromatic nitrogens is 2. The number of hydrogen-bond donors (Lipinski definition) is 3. The van der Waals surface area contributed by atoms with Crippen molar-refractivity contribution in [1.29, 1.82) is 0 Å². The molecular formula is C17H18F2N4O2. The summed E-state index contributed by atoms with van der Waals surface area (Å²) in [6.45, 7) is 0.989. The van der Waals surface area contributed by atoms with Gasteiger partial charge < -0.3 is 15.8 Å². The third kappa shape index (κ3) is 2.71. The summed E-state index contributed by atoms with van der Waals surface area (Å²) in [7, 11) is 0. The first-order valence-electron chi connectivity index (χ1n) is 8.15. The van der Waals surface area contributed by atoms with E-state index in [0.29, 0.717) is 18.9 Å². The van der Waals surface area contributed by atoms with E-state index in [1.54, 1.807) is 24.3 Å². The van der Waals surface area contributed by atoms with Crippen LogP contribution in [0.2, 0.25) is 0 Å². The molecule has 0 saturated heterocycles. The molecule has 2 heterocycles. The first-order chi connectivity index (χ1) is 12.0. The monoisotopic (exact) mass is 348 g/mol. The van der Waals surface area contributed by atoms with Crippen LogP contribution in [0.15, 0.2) is 24.3 Å². The van der Waals surface area contributed by atoms with Crippen LogP contribution in [0.4, 0.5) is 14.5 Å². The second-order valence-corrected chi connectivity index (χ2v) is 6.39.